The number of hydrogen-bond acceptors (Lipinski definition) is 4. The maximum atomic E-state index is 12.0. The summed E-state index contributed by atoms with van der Waals surface area (Å²) < 4.78 is 10.7. The van der Waals surface area contributed by atoms with Gasteiger partial charge in [0.05, 0.1) is 7.11 Å². The molecule has 4 heteroatoms. The van der Waals surface area contributed by atoms with Crippen molar-refractivity contribution in [3.8, 4) is 0 Å². The number of methoxy groups -OCH3 is 1. The van der Waals surface area contributed by atoms with E-state index in [4.69, 9.17) is 9.47 Å². The molecule has 1 fully saturated rings. The van der Waals surface area contributed by atoms with Crippen molar-refractivity contribution in [1.82, 2.24) is 0 Å². The second-order valence-electron chi connectivity index (χ2n) is 9.06. The molecule has 2 aliphatic carbocycles. The number of ether oxygens (including phenoxy) is 2. The summed E-state index contributed by atoms with van der Waals surface area (Å²) in [5, 5.41) is 0. The third kappa shape index (κ3) is 4.14. The molecule has 0 radical (unpaired) electrons. The van der Waals surface area contributed by atoms with Crippen molar-refractivity contribution in [3.05, 3.63) is 23.3 Å². The Morgan fingerprint density at radius 3 is 2.56 bits per heavy atom. The smallest absolute Gasteiger partial charge is 0.330 e. The van der Waals surface area contributed by atoms with Crippen LogP contribution < -0.4 is 0 Å². The van der Waals surface area contributed by atoms with Crippen LogP contribution >= 0.6 is 0 Å². The largest absolute Gasteiger partial charge is 0.466 e. The first-order chi connectivity index (χ1) is 12.6. The Balaban J connectivity index is 2.44. The highest BCUT2D eigenvalue weighted by molar-refractivity contribution is 5.82. The molecular weight excluding hydrogens is 340 g/mol. The van der Waals surface area contributed by atoms with Crippen molar-refractivity contribution < 1.29 is 19.1 Å². The van der Waals surface area contributed by atoms with Gasteiger partial charge in [-0.15, -0.1) is 0 Å². The van der Waals surface area contributed by atoms with E-state index in [9.17, 15) is 9.59 Å². The molecule has 0 N–H and O–H groups in total. The van der Waals surface area contributed by atoms with Crippen molar-refractivity contribution in [2.24, 2.45) is 22.7 Å². The first-order valence-electron chi connectivity index (χ1n) is 10.1. The van der Waals surface area contributed by atoms with Gasteiger partial charge < -0.3 is 9.47 Å². The molecule has 1 saturated carbocycles. The van der Waals surface area contributed by atoms with Crippen molar-refractivity contribution in [2.45, 2.75) is 79.8 Å². The van der Waals surface area contributed by atoms with Gasteiger partial charge in [-0.25, -0.2) is 4.79 Å². The van der Waals surface area contributed by atoms with Crippen molar-refractivity contribution in [3.63, 3.8) is 0 Å². The van der Waals surface area contributed by atoms with Gasteiger partial charge in [0, 0.05) is 24.8 Å². The maximum absolute atomic E-state index is 12.0. The highest BCUT2D eigenvalue weighted by atomic mass is 16.5. The average molecular weight is 377 g/mol. The minimum atomic E-state index is -0.364. The SMILES string of the molecule is COC(=O)/C=C(\C)C[C@@H](OC(C)=O)[C@@]1(C)[C@H](C)CC[C@@]2(C)C(C)=CCC[C@H]12. The van der Waals surface area contributed by atoms with Crippen LogP contribution in [-0.2, 0) is 19.1 Å². The normalized spacial score (nSPS) is 34.9. The number of allylic oxidation sites excluding steroid dienone is 2. The molecule has 5 atom stereocenters. The van der Waals surface area contributed by atoms with E-state index in [0.29, 0.717) is 18.3 Å². The number of esters is 2. The Morgan fingerprint density at radius 1 is 1.30 bits per heavy atom. The van der Waals surface area contributed by atoms with Gasteiger partial charge in [-0.2, -0.15) is 0 Å². The first kappa shape index (κ1) is 21.7. The first-order valence-corrected chi connectivity index (χ1v) is 10.1. The molecular formula is C23H36O4. The lowest BCUT2D eigenvalue weighted by Gasteiger charge is -2.59. The number of carbonyl (C=O) groups is 2. The fraction of sp³-hybridized carbons (Fsp3) is 0.739. The van der Waals surface area contributed by atoms with E-state index in [0.717, 1.165) is 24.8 Å². The molecule has 0 bridgehead atoms. The average Bonchev–Trinajstić information content (AvgIpc) is 2.59. The van der Waals surface area contributed by atoms with E-state index >= 15 is 0 Å². The number of fused-ring (bicyclic) bond motifs is 1. The molecule has 0 spiro atoms. The van der Waals surface area contributed by atoms with E-state index in [1.807, 2.05) is 6.92 Å². The summed E-state index contributed by atoms with van der Waals surface area (Å²) in [6, 6.07) is 0. The third-order valence-corrected chi connectivity index (χ3v) is 7.56. The van der Waals surface area contributed by atoms with Crippen LogP contribution in [0.2, 0.25) is 0 Å². The molecule has 152 valence electrons. The fourth-order valence-corrected chi connectivity index (χ4v) is 5.57. The van der Waals surface area contributed by atoms with Gasteiger partial charge in [-0.3, -0.25) is 4.79 Å². The van der Waals surface area contributed by atoms with Crippen LogP contribution in [0.25, 0.3) is 0 Å². The quantitative estimate of drug-likeness (QED) is 0.375. The zero-order valence-electron chi connectivity index (χ0n) is 18.1. The Hall–Kier alpha value is -1.58. The van der Waals surface area contributed by atoms with Crippen molar-refractivity contribution >= 4 is 11.9 Å². The van der Waals surface area contributed by atoms with Crippen LogP contribution in [0.1, 0.15) is 73.6 Å². The molecule has 2 aliphatic rings. The Morgan fingerprint density at radius 2 is 1.96 bits per heavy atom. The molecule has 2 rings (SSSR count). The molecule has 0 aromatic carbocycles. The summed E-state index contributed by atoms with van der Waals surface area (Å²) in [6.07, 6.45) is 8.71. The monoisotopic (exact) mass is 376 g/mol. The minimum Gasteiger partial charge on any atom is -0.466 e. The highest BCUT2D eigenvalue weighted by Gasteiger charge is 2.57. The van der Waals surface area contributed by atoms with Gasteiger partial charge in [0.15, 0.2) is 0 Å². The second kappa shape index (κ2) is 8.20. The van der Waals surface area contributed by atoms with Crippen molar-refractivity contribution in [2.75, 3.05) is 7.11 Å². The van der Waals surface area contributed by atoms with E-state index in [-0.39, 0.29) is 28.9 Å². The molecule has 0 aromatic heterocycles. The second-order valence-corrected chi connectivity index (χ2v) is 9.06. The summed E-state index contributed by atoms with van der Waals surface area (Å²) in [5.41, 5.74) is 2.37. The predicted octanol–water partition coefficient (Wildman–Crippen LogP) is 5.23. The highest BCUT2D eigenvalue weighted by Crippen LogP contribution is 2.62. The summed E-state index contributed by atoms with van der Waals surface area (Å²) in [6.45, 7) is 12.6. The topological polar surface area (TPSA) is 52.6 Å². The summed E-state index contributed by atoms with van der Waals surface area (Å²) >= 11 is 0. The van der Waals surface area contributed by atoms with E-state index in [1.165, 1.54) is 32.1 Å². The van der Waals surface area contributed by atoms with Crippen LogP contribution in [0.4, 0.5) is 0 Å². The minimum absolute atomic E-state index is 0.139. The zero-order chi connectivity index (χ0) is 20.4. The van der Waals surface area contributed by atoms with Crippen LogP contribution in [0.15, 0.2) is 23.3 Å². The van der Waals surface area contributed by atoms with Gasteiger partial charge in [-0.1, -0.05) is 38.0 Å². The van der Waals surface area contributed by atoms with Crippen LogP contribution in [0, 0.1) is 22.7 Å². The molecule has 0 heterocycles. The van der Waals surface area contributed by atoms with Crippen molar-refractivity contribution in [1.29, 1.82) is 0 Å². The number of hydrogen-bond donors (Lipinski definition) is 0. The predicted molar refractivity (Wildman–Crippen MR) is 107 cm³/mol. The maximum Gasteiger partial charge on any atom is 0.330 e. The standard InChI is InChI=1S/C23H36O4/c1-15(14-21(25)26-7)13-20(27-18(4)24)23(6)17(3)11-12-22(5)16(2)9-8-10-19(22)23/h9,14,17,19-20H,8,10-13H2,1-7H3/b15-14+/t17-,19+,20-,22+,23+/m1/s1. The molecule has 27 heavy (non-hydrogen) atoms. The summed E-state index contributed by atoms with van der Waals surface area (Å²) in [5.74, 6) is 0.276. The van der Waals surface area contributed by atoms with Gasteiger partial charge in [0.1, 0.15) is 6.10 Å². The Bertz CT molecular complexity index is 647. The van der Waals surface area contributed by atoms with E-state index < -0.39 is 0 Å². The molecule has 0 unspecified atom stereocenters. The molecule has 0 aliphatic heterocycles. The van der Waals surface area contributed by atoms with Crippen LogP contribution in [0.5, 0.6) is 0 Å². The van der Waals surface area contributed by atoms with E-state index in [2.05, 4.69) is 33.8 Å². The zero-order valence-corrected chi connectivity index (χ0v) is 18.1. The Kier molecular flexibility index (Phi) is 6.59. The lowest BCUT2D eigenvalue weighted by molar-refractivity contribution is -0.171. The number of carbonyl (C=O) groups excluding carboxylic acids is 2. The number of rotatable bonds is 5. The molecule has 0 saturated heterocycles. The fourth-order valence-electron chi connectivity index (χ4n) is 5.57. The molecule has 0 amide bonds. The van der Waals surface area contributed by atoms with Gasteiger partial charge in [-0.05, 0) is 56.8 Å². The van der Waals surface area contributed by atoms with Gasteiger partial charge in [0.25, 0.3) is 0 Å². The lowest BCUT2D eigenvalue weighted by atomic mass is 9.46. The van der Waals surface area contributed by atoms with Gasteiger partial charge >= 0.3 is 11.9 Å². The van der Waals surface area contributed by atoms with Gasteiger partial charge in [0.2, 0.25) is 0 Å². The lowest BCUT2D eigenvalue weighted by Crippen LogP contribution is -2.56. The third-order valence-electron chi connectivity index (χ3n) is 7.56. The summed E-state index contributed by atoms with van der Waals surface area (Å²) in [7, 11) is 1.38. The van der Waals surface area contributed by atoms with Crippen LogP contribution in [0.3, 0.4) is 0 Å². The summed E-state index contributed by atoms with van der Waals surface area (Å²) in [4.78, 5) is 23.6. The Labute approximate surface area is 164 Å². The molecule has 4 nitrogen and oxygen atoms in total. The van der Waals surface area contributed by atoms with E-state index in [1.54, 1.807) is 0 Å². The molecule has 0 aromatic rings. The van der Waals surface area contributed by atoms with Crippen LogP contribution in [-0.4, -0.2) is 25.2 Å².